The molecule has 0 unspecified atom stereocenters. The van der Waals surface area contributed by atoms with Crippen molar-refractivity contribution in [3.63, 3.8) is 0 Å². The maximum Gasteiger partial charge on any atom is 0.255 e. The van der Waals surface area contributed by atoms with Gasteiger partial charge in [0, 0.05) is 25.6 Å². The van der Waals surface area contributed by atoms with Gasteiger partial charge in [-0.3, -0.25) is 9.59 Å². The largest absolute Gasteiger partial charge is 0.457 e. The molecule has 0 aliphatic carbocycles. The highest BCUT2D eigenvalue weighted by molar-refractivity contribution is 5.95. The summed E-state index contributed by atoms with van der Waals surface area (Å²) in [4.78, 5) is 29.0. The van der Waals surface area contributed by atoms with Gasteiger partial charge in [0.2, 0.25) is 5.91 Å². The second kappa shape index (κ2) is 8.41. The van der Waals surface area contributed by atoms with E-state index in [2.05, 4.69) is 0 Å². The van der Waals surface area contributed by atoms with Crippen molar-refractivity contribution in [3.8, 4) is 11.5 Å². The minimum Gasteiger partial charge on any atom is -0.457 e. The third kappa shape index (κ3) is 4.06. The number of para-hydroxylation sites is 1. The van der Waals surface area contributed by atoms with Gasteiger partial charge >= 0.3 is 0 Å². The second-order valence-electron chi connectivity index (χ2n) is 7.44. The van der Waals surface area contributed by atoms with Gasteiger partial charge in [-0.1, -0.05) is 48.0 Å². The predicted octanol–water partition coefficient (Wildman–Crippen LogP) is 4.79. The summed E-state index contributed by atoms with van der Waals surface area (Å²) < 4.78 is 5.96. The normalized spacial score (nSPS) is 15.9. The molecule has 3 aromatic rings. The monoisotopic (exact) mass is 400 g/mol. The molecule has 0 N–H and O–H groups in total. The SMILES string of the molecule is CC(=O)N1CCN(C(=O)c2ccc(C)cc2)[C@H]1c1cccc(Oc2ccccc2)c1. The van der Waals surface area contributed by atoms with Crippen molar-refractivity contribution in [3.05, 3.63) is 95.6 Å². The summed E-state index contributed by atoms with van der Waals surface area (Å²) in [5.74, 6) is 1.25. The molecule has 152 valence electrons. The van der Waals surface area contributed by atoms with Crippen molar-refractivity contribution >= 4 is 11.8 Å². The highest BCUT2D eigenvalue weighted by atomic mass is 16.5. The van der Waals surface area contributed by atoms with Crippen molar-refractivity contribution in [2.24, 2.45) is 0 Å². The molecule has 1 fully saturated rings. The van der Waals surface area contributed by atoms with Gasteiger partial charge in [-0.05, 0) is 48.9 Å². The van der Waals surface area contributed by atoms with Crippen molar-refractivity contribution in [2.45, 2.75) is 20.0 Å². The Labute approximate surface area is 176 Å². The lowest BCUT2D eigenvalue weighted by Gasteiger charge is -2.30. The molecule has 2 amide bonds. The van der Waals surface area contributed by atoms with Crippen LogP contribution in [0.1, 0.15) is 34.6 Å². The summed E-state index contributed by atoms with van der Waals surface area (Å²) >= 11 is 0. The van der Waals surface area contributed by atoms with E-state index in [0.717, 1.165) is 16.9 Å². The van der Waals surface area contributed by atoms with E-state index in [9.17, 15) is 9.59 Å². The number of nitrogens with zero attached hydrogens (tertiary/aromatic N) is 2. The first-order valence-electron chi connectivity index (χ1n) is 10.0. The molecule has 0 aromatic heterocycles. The summed E-state index contributed by atoms with van der Waals surface area (Å²) in [5.41, 5.74) is 2.56. The van der Waals surface area contributed by atoms with Gasteiger partial charge in [-0.25, -0.2) is 0 Å². The van der Waals surface area contributed by atoms with Crippen LogP contribution in [0.3, 0.4) is 0 Å². The van der Waals surface area contributed by atoms with Crippen LogP contribution in [0.2, 0.25) is 0 Å². The topological polar surface area (TPSA) is 49.9 Å². The van der Waals surface area contributed by atoms with Crippen LogP contribution < -0.4 is 4.74 Å². The first-order chi connectivity index (χ1) is 14.5. The minimum absolute atomic E-state index is 0.0615. The molecule has 0 bridgehead atoms. The molecule has 5 nitrogen and oxygen atoms in total. The summed E-state index contributed by atoms with van der Waals surface area (Å²) in [6.07, 6.45) is -0.462. The van der Waals surface area contributed by atoms with E-state index in [1.165, 1.54) is 6.92 Å². The molecule has 1 aliphatic heterocycles. The fourth-order valence-electron chi connectivity index (χ4n) is 3.76. The number of amides is 2. The maximum absolute atomic E-state index is 13.2. The van der Waals surface area contributed by atoms with Gasteiger partial charge < -0.3 is 14.5 Å². The third-order valence-corrected chi connectivity index (χ3v) is 5.27. The molecule has 1 saturated heterocycles. The lowest BCUT2D eigenvalue weighted by molar-refractivity contribution is -0.130. The van der Waals surface area contributed by atoms with Gasteiger partial charge in [0.25, 0.3) is 5.91 Å². The number of carbonyl (C=O) groups excluding carboxylic acids is 2. The Bertz CT molecular complexity index is 1050. The van der Waals surface area contributed by atoms with Gasteiger partial charge in [0.05, 0.1) is 0 Å². The fourth-order valence-corrected chi connectivity index (χ4v) is 3.76. The van der Waals surface area contributed by atoms with Crippen molar-refractivity contribution in [2.75, 3.05) is 13.1 Å². The number of hydrogen-bond acceptors (Lipinski definition) is 3. The molecule has 30 heavy (non-hydrogen) atoms. The Morgan fingerprint density at radius 1 is 0.833 bits per heavy atom. The van der Waals surface area contributed by atoms with Crippen LogP contribution in [0.5, 0.6) is 11.5 Å². The highest BCUT2D eigenvalue weighted by Gasteiger charge is 2.38. The molecule has 5 heteroatoms. The summed E-state index contributed by atoms with van der Waals surface area (Å²) in [5, 5.41) is 0. The zero-order chi connectivity index (χ0) is 21.1. The number of rotatable bonds is 4. The van der Waals surface area contributed by atoms with E-state index in [0.29, 0.717) is 24.4 Å². The molecule has 0 radical (unpaired) electrons. The van der Waals surface area contributed by atoms with E-state index in [1.54, 1.807) is 9.80 Å². The van der Waals surface area contributed by atoms with Crippen LogP contribution in [0.25, 0.3) is 0 Å². The maximum atomic E-state index is 13.2. The van der Waals surface area contributed by atoms with E-state index in [4.69, 9.17) is 4.74 Å². The van der Waals surface area contributed by atoms with Gasteiger partial charge in [-0.15, -0.1) is 0 Å². The van der Waals surface area contributed by atoms with Crippen LogP contribution in [0.4, 0.5) is 0 Å². The number of carbonyl (C=O) groups is 2. The Morgan fingerprint density at radius 2 is 1.50 bits per heavy atom. The number of benzene rings is 3. The standard InChI is InChI=1S/C25H24N2O3/c1-18-11-13-20(14-12-18)25(29)27-16-15-26(19(2)28)24(27)21-7-6-10-23(17-21)30-22-8-4-3-5-9-22/h3-14,17,24H,15-16H2,1-2H3/t24-/m0/s1. The molecular formula is C25H24N2O3. The fraction of sp³-hybridized carbons (Fsp3) is 0.200. The number of aryl methyl sites for hydroxylation is 1. The molecule has 1 heterocycles. The van der Waals surface area contributed by atoms with Gasteiger partial charge in [0.1, 0.15) is 17.7 Å². The summed E-state index contributed by atoms with van der Waals surface area (Å²) in [6.45, 7) is 4.52. The van der Waals surface area contributed by atoms with Crippen LogP contribution in [0, 0.1) is 6.92 Å². The highest BCUT2D eigenvalue weighted by Crippen LogP contribution is 2.34. The van der Waals surface area contributed by atoms with Crippen molar-refractivity contribution in [1.82, 2.24) is 9.80 Å². The van der Waals surface area contributed by atoms with Crippen LogP contribution >= 0.6 is 0 Å². The zero-order valence-electron chi connectivity index (χ0n) is 17.1. The lowest BCUT2D eigenvalue weighted by Crippen LogP contribution is -2.37. The average Bonchev–Trinajstić information content (AvgIpc) is 3.20. The van der Waals surface area contributed by atoms with Crippen molar-refractivity contribution < 1.29 is 14.3 Å². The van der Waals surface area contributed by atoms with Gasteiger partial charge in [0.15, 0.2) is 0 Å². The molecular weight excluding hydrogens is 376 g/mol. The van der Waals surface area contributed by atoms with Crippen LogP contribution in [-0.2, 0) is 4.79 Å². The third-order valence-electron chi connectivity index (χ3n) is 5.27. The first-order valence-corrected chi connectivity index (χ1v) is 10.0. The summed E-state index contributed by atoms with van der Waals surface area (Å²) in [6, 6.07) is 24.6. The number of ether oxygens (including phenoxy) is 1. The van der Waals surface area contributed by atoms with E-state index < -0.39 is 6.17 Å². The molecule has 3 aromatic carbocycles. The van der Waals surface area contributed by atoms with Crippen LogP contribution in [-0.4, -0.2) is 34.7 Å². The molecule has 0 spiro atoms. The van der Waals surface area contributed by atoms with E-state index in [-0.39, 0.29) is 11.8 Å². The molecule has 1 atom stereocenters. The van der Waals surface area contributed by atoms with Gasteiger partial charge in [-0.2, -0.15) is 0 Å². The second-order valence-corrected chi connectivity index (χ2v) is 7.44. The predicted molar refractivity (Wildman–Crippen MR) is 115 cm³/mol. The van der Waals surface area contributed by atoms with E-state index in [1.807, 2.05) is 85.8 Å². The Balaban J connectivity index is 1.66. The molecule has 4 rings (SSSR count). The smallest absolute Gasteiger partial charge is 0.255 e. The van der Waals surface area contributed by atoms with E-state index >= 15 is 0 Å². The van der Waals surface area contributed by atoms with Crippen LogP contribution in [0.15, 0.2) is 78.9 Å². The van der Waals surface area contributed by atoms with Crippen molar-refractivity contribution in [1.29, 1.82) is 0 Å². The Morgan fingerprint density at radius 3 is 2.20 bits per heavy atom. The lowest BCUT2D eigenvalue weighted by atomic mass is 10.1. The minimum atomic E-state index is -0.462. The Kier molecular flexibility index (Phi) is 5.53. The first kappa shape index (κ1) is 19.7. The Hall–Kier alpha value is -3.60. The number of hydrogen-bond donors (Lipinski definition) is 0. The quantitative estimate of drug-likeness (QED) is 0.633. The zero-order valence-corrected chi connectivity index (χ0v) is 17.1. The average molecular weight is 400 g/mol. The molecule has 0 saturated carbocycles. The summed E-state index contributed by atoms with van der Waals surface area (Å²) in [7, 11) is 0. The molecule has 1 aliphatic rings.